The predicted molar refractivity (Wildman–Crippen MR) is 194 cm³/mol. The molecule has 0 radical (unpaired) electrons. The summed E-state index contributed by atoms with van der Waals surface area (Å²) in [6, 6.07) is -18.4. The smallest absolute Gasteiger partial charge is 0.164 e. The Hall–Kier alpha value is -6.59. The Morgan fingerprint density at radius 1 is 0.354 bits per heavy atom. The van der Waals surface area contributed by atoms with Crippen LogP contribution in [-0.4, -0.2) is 15.0 Å². The molecule has 5 nitrogen and oxygen atoms in total. The molecule has 3 heterocycles. The minimum absolute atomic E-state index is 0.402. The Morgan fingerprint density at radius 3 is 1.50 bits per heavy atom. The van der Waals surface area contributed by atoms with Gasteiger partial charge in [-0.05, 0) is 52.1 Å². The van der Waals surface area contributed by atoms with Crippen LogP contribution in [0.25, 0.3) is 99.9 Å². The van der Waals surface area contributed by atoms with Crippen molar-refractivity contribution in [2.45, 2.75) is 0 Å². The molecule has 0 N–H and O–H groups in total. The van der Waals surface area contributed by atoms with Gasteiger partial charge in [-0.3, -0.25) is 0 Å². The Balaban J connectivity index is 1.44. The molecule has 0 aliphatic heterocycles. The first-order valence-corrected chi connectivity index (χ1v) is 14.0. The van der Waals surface area contributed by atoms with E-state index >= 15 is 0 Å². The Morgan fingerprint density at radius 2 is 0.833 bits per heavy atom. The Bertz CT molecular complexity index is 4200. The number of nitrogens with zero attached hydrogens (tertiary/aromatic N) is 3. The average Bonchev–Trinajstić information content (AvgIpc) is 3.95. The van der Waals surface area contributed by atoms with Gasteiger partial charge in [0.15, 0.2) is 17.5 Å². The Labute approximate surface area is 308 Å². The first-order valence-electron chi connectivity index (χ1n) is 26.0. The van der Waals surface area contributed by atoms with Gasteiger partial charge in [0, 0.05) is 38.2 Å². The minimum Gasteiger partial charge on any atom is -0.456 e. The van der Waals surface area contributed by atoms with Gasteiger partial charge in [-0.15, -0.1) is 0 Å². The van der Waals surface area contributed by atoms with Gasteiger partial charge in [0.25, 0.3) is 0 Å². The first-order chi connectivity index (χ1) is 33.8. The maximum Gasteiger partial charge on any atom is 0.164 e. The van der Waals surface area contributed by atoms with Crippen molar-refractivity contribution in [3.63, 3.8) is 0 Å². The van der Waals surface area contributed by atoms with Crippen molar-refractivity contribution in [3.05, 3.63) is 151 Å². The molecule has 0 amide bonds. The van der Waals surface area contributed by atoms with Crippen LogP contribution in [0.15, 0.2) is 160 Å². The summed E-state index contributed by atoms with van der Waals surface area (Å²) in [6.45, 7) is 0. The average molecular weight is 640 g/mol. The normalized spacial score (nSPS) is 18.8. The fourth-order valence-corrected chi connectivity index (χ4v) is 5.47. The van der Waals surface area contributed by atoms with Crippen LogP contribution >= 0.6 is 0 Å². The molecule has 0 saturated heterocycles. The molecule has 0 unspecified atom stereocenters. The summed E-state index contributed by atoms with van der Waals surface area (Å²) in [5.74, 6) is -2.32. The van der Waals surface area contributed by atoms with Gasteiger partial charge in [-0.25, -0.2) is 15.0 Å². The quantitative estimate of drug-likeness (QED) is 0.192. The number of aromatic nitrogens is 3. The lowest BCUT2D eigenvalue weighted by molar-refractivity contribution is 0.668. The number of rotatable bonds is 4. The first kappa shape index (κ1) is 12.2. The highest BCUT2D eigenvalue weighted by Crippen LogP contribution is 2.42. The van der Waals surface area contributed by atoms with E-state index < -0.39 is 245 Å². The number of hydrogen-bond acceptors (Lipinski definition) is 5. The number of para-hydroxylation sites is 2. The van der Waals surface area contributed by atoms with Crippen molar-refractivity contribution in [2.24, 2.45) is 0 Å². The molecule has 0 aliphatic carbocycles. The lowest BCUT2D eigenvalue weighted by Gasteiger charge is -2.14. The van der Waals surface area contributed by atoms with E-state index in [1.807, 2.05) is 0 Å². The summed E-state index contributed by atoms with van der Waals surface area (Å²) in [5.41, 5.74) is -5.33. The number of fused-ring (bicyclic) bond motifs is 7. The zero-order valence-corrected chi connectivity index (χ0v) is 23.7. The number of benzene rings is 7. The van der Waals surface area contributed by atoms with Crippen LogP contribution < -0.4 is 0 Å². The highest BCUT2D eigenvalue weighted by atomic mass is 16.3. The van der Waals surface area contributed by atoms with Gasteiger partial charge >= 0.3 is 0 Å². The molecule has 3 aromatic heterocycles. The minimum atomic E-state index is -0.996. The van der Waals surface area contributed by atoms with Crippen molar-refractivity contribution in [3.8, 4) is 45.3 Å². The molecule has 10 aromatic rings. The van der Waals surface area contributed by atoms with Crippen LogP contribution in [0.2, 0.25) is 0 Å². The molecule has 10 rings (SSSR count). The van der Waals surface area contributed by atoms with Crippen molar-refractivity contribution in [2.75, 3.05) is 0 Å². The maximum atomic E-state index is 9.70. The van der Waals surface area contributed by atoms with Crippen molar-refractivity contribution in [1.29, 1.82) is 0 Å². The van der Waals surface area contributed by atoms with Gasteiger partial charge < -0.3 is 8.83 Å². The number of hydrogen-bond donors (Lipinski definition) is 0. The van der Waals surface area contributed by atoms with Gasteiger partial charge in [-0.1, -0.05) is 121 Å². The molecule has 0 bridgehead atoms. The summed E-state index contributed by atoms with van der Waals surface area (Å²) < 4.78 is 224. The molecular weight excluding hydrogens is 590 g/mol. The van der Waals surface area contributed by atoms with E-state index in [1.54, 1.807) is 0 Å². The third-order valence-electron chi connectivity index (χ3n) is 7.49. The van der Waals surface area contributed by atoms with E-state index in [0.717, 1.165) is 6.07 Å². The molecule has 0 saturated carbocycles. The van der Waals surface area contributed by atoms with Crippen molar-refractivity contribution < 1.29 is 41.7 Å². The van der Waals surface area contributed by atoms with E-state index in [9.17, 15) is 8.22 Å². The second kappa shape index (κ2) is 10.5. The summed E-state index contributed by atoms with van der Waals surface area (Å²) in [6.07, 6.45) is 0. The van der Waals surface area contributed by atoms with Crippen LogP contribution in [0.1, 0.15) is 32.9 Å². The zero-order chi connectivity index (χ0) is 52.5. The molecular formula is C43H25N3O2. The summed E-state index contributed by atoms with van der Waals surface area (Å²) >= 11 is 0. The Kier molecular flexibility index (Phi) is 2.66. The fraction of sp³-hybridized carbons (Fsp3) is 0. The lowest BCUT2D eigenvalue weighted by atomic mass is 9.92. The van der Waals surface area contributed by atoms with Crippen LogP contribution in [0.5, 0.6) is 0 Å². The van der Waals surface area contributed by atoms with E-state index in [1.165, 1.54) is 0 Å². The maximum absolute atomic E-state index is 9.70. The second-order valence-electron chi connectivity index (χ2n) is 10.1. The molecule has 48 heavy (non-hydrogen) atoms. The van der Waals surface area contributed by atoms with Gasteiger partial charge in [0.05, 0.1) is 32.9 Å². The van der Waals surface area contributed by atoms with Crippen LogP contribution in [-0.2, 0) is 0 Å². The largest absolute Gasteiger partial charge is 0.456 e. The summed E-state index contributed by atoms with van der Waals surface area (Å²) in [7, 11) is 0. The molecule has 224 valence electrons. The zero-order valence-electron chi connectivity index (χ0n) is 47.7. The number of furan rings is 2. The fourth-order valence-electron chi connectivity index (χ4n) is 5.47. The molecule has 0 fully saturated rings. The van der Waals surface area contributed by atoms with Crippen LogP contribution in [0.3, 0.4) is 0 Å². The third kappa shape index (κ3) is 4.08. The van der Waals surface area contributed by atoms with Gasteiger partial charge in [-0.2, -0.15) is 0 Å². The van der Waals surface area contributed by atoms with Gasteiger partial charge in [0.2, 0.25) is 0 Å². The lowest BCUT2D eigenvalue weighted by Crippen LogP contribution is -2.01. The van der Waals surface area contributed by atoms with E-state index in [4.69, 9.17) is 33.5 Å². The predicted octanol–water partition coefficient (Wildman–Crippen LogP) is 11.5. The standard InChI is InChI=1S/C43H25N3O2/c1-2-12-26(13-3-1)41-44-42(46-43(45-41)34-19-11-23-38-40(34)33-17-7-9-21-36(33)48-38)31-25-24-29(27-14-4-5-15-28(27)31)30-18-10-22-37-39(30)32-16-6-8-20-35(32)47-37/h1-25H/i2D,3D,4D,5D,6D,7D,8D,9D,10D,11D,12D,13D,14D,15D,16D,17D,18D,19D,20D,21D,22D,23D,24D,25D. The van der Waals surface area contributed by atoms with Crippen molar-refractivity contribution >= 4 is 54.6 Å². The molecule has 5 heteroatoms. The van der Waals surface area contributed by atoms with Gasteiger partial charge in [0.1, 0.15) is 22.3 Å². The van der Waals surface area contributed by atoms with Crippen LogP contribution in [0.4, 0.5) is 0 Å². The highest BCUT2D eigenvalue weighted by Gasteiger charge is 2.20. The molecule has 0 spiro atoms. The monoisotopic (exact) mass is 639 g/mol. The second-order valence-corrected chi connectivity index (χ2v) is 10.1. The summed E-state index contributed by atoms with van der Waals surface area (Å²) in [5, 5.41) is -2.99. The van der Waals surface area contributed by atoms with Crippen molar-refractivity contribution in [1.82, 2.24) is 15.0 Å². The topological polar surface area (TPSA) is 65.0 Å². The van der Waals surface area contributed by atoms with E-state index in [-0.39, 0.29) is 0 Å². The molecule has 7 aromatic carbocycles. The highest BCUT2D eigenvalue weighted by molar-refractivity contribution is 6.16. The van der Waals surface area contributed by atoms with Crippen LogP contribution in [0, 0.1) is 0 Å². The molecule has 0 atom stereocenters. The van der Waals surface area contributed by atoms with E-state index in [0.29, 0.717) is 0 Å². The summed E-state index contributed by atoms with van der Waals surface area (Å²) in [4.78, 5) is 13.4. The van der Waals surface area contributed by atoms with E-state index in [2.05, 4.69) is 15.0 Å². The SMILES string of the molecule is [2H]c1cc([2H])c([2H])c(-c2nc(-c3c([2H])c([2H])c(-c4c([2H])c([2H])c([2H])c5oc6c([2H])c([2H])c([2H])c([2H])c6c45)c4c([2H])c([2H])c([2H])c([2H])c34)nc(-c3c([2H])c([2H])c([2H])c4oc5c([2H])c([2H])c([2H])c([2H])c5c34)n2)c1[2H]. The third-order valence-corrected chi connectivity index (χ3v) is 7.49. The molecule has 0 aliphatic rings.